The molecule has 1 amide bonds. The Balaban J connectivity index is 1.54. The molecule has 10 nitrogen and oxygen atoms in total. The Morgan fingerprint density at radius 1 is 1.28 bits per heavy atom. The maximum atomic E-state index is 13.5. The fourth-order valence-electron chi connectivity index (χ4n) is 2.91. The zero-order chi connectivity index (χ0) is 21.0. The molecule has 1 aliphatic heterocycles. The maximum absolute atomic E-state index is 13.5. The number of aliphatic hydroxyl groups excluding tert-OH is 2. The number of rotatable bonds is 6. The average Bonchev–Trinajstić information content (AvgIpc) is 2.69. The number of ether oxygens (including phenoxy) is 2. The van der Waals surface area contributed by atoms with E-state index in [1.165, 1.54) is 24.4 Å². The Morgan fingerprint density at radius 2 is 2.03 bits per heavy atom. The highest BCUT2D eigenvalue weighted by Gasteiger charge is 2.39. The molecule has 11 heteroatoms. The van der Waals surface area contributed by atoms with Crippen molar-refractivity contribution in [3.8, 4) is 5.75 Å². The van der Waals surface area contributed by atoms with Crippen LogP contribution in [0.25, 0.3) is 0 Å². The Kier molecular flexibility index (Phi) is 6.42. The van der Waals surface area contributed by atoms with Crippen molar-refractivity contribution in [1.82, 2.24) is 14.9 Å². The quantitative estimate of drug-likeness (QED) is 0.448. The van der Waals surface area contributed by atoms with Crippen LogP contribution in [0.3, 0.4) is 0 Å². The van der Waals surface area contributed by atoms with Crippen molar-refractivity contribution in [1.29, 1.82) is 0 Å². The fraction of sp³-hybridized carbons (Fsp3) is 0.389. The molecule has 1 saturated heterocycles. The van der Waals surface area contributed by atoms with E-state index in [1.54, 1.807) is 6.07 Å². The number of benzene rings is 1. The van der Waals surface area contributed by atoms with Gasteiger partial charge in [-0.25, -0.2) is 9.18 Å². The summed E-state index contributed by atoms with van der Waals surface area (Å²) in [5.41, 5.74) is -1.24. The van der Waals surface area contributed by atoms with Crippen molar-refractivity contribution in [3.05, 3.63) is 63.2 Å². The van der Waals surface area contributed by atoms with Crippen LogP contribution in [0.4, 0.5) is 4.39 Å². The Labute approximate surface area is 163 Å². The first kappa shape index (κ1) is 20.7. The molecule has 2 heterocycles. The molecule has 1 aromatic carbocycles. The van der Waals surface area contributed by atoms with Crippen LogP contribution in [0.5, 0.6) is 5.75 Å². The van der Waals surface area contributed by atoms with Gasteiger partial charge in [0.2, 0.25) is 0 Å². The minimum Gasteiger partial charge on any atom is -0.481 e. The molecule has 1 aromatic heterocycles. The summed E-state index contributed by atoms with van der Waals surface area (Å²) in [4.78, 5) is 36.9. The minimum absolute atomic E-state index is 0.0884. The van der Waals surface area contributed by atoms with E-state index in [1.807, 2.05) is 0 Å². The third-order valence-corrected chi connectivity index (χ3v) is 4.45. The van der Waals surface area contributed by atoms with Crippen molar-refractivity contribution in [3.63, 3.8) is 0 Å². The molecular weight excluding hydrogens is 389 g/mol. The molecule has 1 fully saturated rings. The van der Waals surface area contributed by atoms with E-state index in [0.29, 0.717) is 0 Å². The highest BCUT2D eigenvalue weighted by atomic mass is 19.1. The van der Waals surface area contributed by atoms with E-state index in [9.17, 15) is 29.0 Å². The van der Waals surface area contributed by atoms with Crippen LogP contribution in [0.2, 0.25) is 0 Å². The first-order valence-electron chi connectivity index (χ1n) is 8.79. The van der Waals surface area contributed by atoms with Gasteiger partial charge >= 0.3 is 5.69 Å². The van der Waals surface area contributed by atoms with Gasteiger partial charge < -0.3 is 25.0 Å². The third kappa shape index (κ3) is 5.08. The molecule has 3 rings (SSSR count). The smallest absolute Gasteiger partial charge is 0.328 e. The molecule has 0 unspecified atom stereocenters. The number of nitrogens with one attached hydrogen (secondary N) is 2. The Morgan fingerprint density at radius 3 is 2.76 bits per heavy atom. The summed E-state index contributed by atoms with van der Waals surface area (Å²) < 4.78 is 25.2. The molecule has 2 aromatic rings. The predicted molar refractivity (Wildman–Crippen MR) is 96.9 cm³/mol. The van der Waals surface area contributed by atoms with Crippen LogP contribution in [-0.2, 0) is 16.1 Å². The van der Waals surface area contributed by atoms with Crippen molar-refractivity contribution >= 4 is 5.91 Å². The first-order chi connectivity index (χ1) is 13.8. The lowest BCUT2D eigenvalue weighted by Crippen LogP contribution is -2.60. The number of halogens is 1. The van der Waals surface area contributed by atoms with E-state index in [-0.39, 0.29) is 18.9 Å². The van der Waals surface area contributed by atoms with Gasteiger partial charge in [0, 0.05) is 12.3 Å². The monoisotopic (exact) mass is 409 g/mol. The lowest BCUT2D eigenvalue weighted by molar-refractivity contribution is -0.159. The predicted octanol–water partition coefficient (Wildman–Crippen LogP) is -1.64. The summed E-state index contributed by atoms with van der Waals surface area (Å²) >= 11 is 0. The Hall–Kier alpha value is -3.02. The van der Waals surface area contributed by atoms with E-state index in [0.717, 1.165) is 10.6 Å². The van der Waals surface area contributed by atoms with E-state index < -0.39 is 53.9 Å². The summed E-state index contributed by atoms with van der Waals surface area (Å²) in [6.07, 6.45) is -2.46. The molecule has 1 aliphatic rings. The number of aromatic nitrogens is 2. The summed E-state index contributed by atoms with van der Waals surface area (Å²) in [5.74, 6) is -1.34. The van der Waals surface area contributed by atoms with Gasteiger partial charge in [0.1, 0.15) is 18.3 Å². The Bertz CT molecular complexity index is 976. The number of hydrogen-bond acceptors (Lipinski definition) is 7. The van der Waals surface area contributed by atoms with Crippen molar-refractivity contribution in [2.75, 3.05) is 13.2 Å². The second kappa shape index (κ2) is 8.99. The van der Waals surface area contributed by atoms with E-state index in [4.69, 9.17) is 9.47 Å². The summed E-state index contributed by atoms with van der Waals surface area (Å²) in [6.45, 7) is -0.728. The first-order valence-corrected chi connectivity index (χ1v) is 8.79. The third-order valence-electron chi connectivity index (χ3n) is 4.45. The van der Waals surface area contributed by atoms with Crippen LogP contribution in [0, 0.1) is 5.82 Å². The molecule has 4 atom stereocenters. The highest BCUT2D eigenvalue weighted by Crippen LogP contribution is 2.18. The van der Waals surface area contributed by atoms with Crippen molar-refractivity contribution < 1.29 is 28.9 Å². The van der Waals surface area contributed by atoms with Crippen LogP contribution in [0.15, 0.2) is 46.1 Å². The van der Waals surface area contributed by atoms with Crippen molar-refractivity contribution in [2.24, 2.45) is 0 Å². The number of amides is 1. The van der Waals surface area contributed by atoms with Gasteiger partial charge in [0.15, 0.2) is 18.2 Å². The maximum Gasteiger partial charge on any atom is 0.328 e. The summed E-state index contributed by atoms with van der Waals surface area (Å²) in [5, 5.41) is 23.0. The number of hydrogen-bond donors (Lipinski definition) is 4. The largest absolute Gasteiger partial charge is 0.481 e. The molecule has 0 saturated carbocycles. The fourth-order valence-corrected chi connectivity index (χ4v) is 2.91. The normalized spacial score (nSPS) is 24.1. The lowest BCUT2D eigenvalue weighted by Gasteiger charge is -2.38. The number of nitrogens with zero attached hydrogens (tertiary/aromatic N) is 1. The average molecular weight is 409 g/mol. The number of carbonyl (C=O) groups is 1. The topological polar surface area (TPSA) is 143 Å². The van der Waals surface area contributed by atoms with Gasteiger partial charge in [-0.15, -0.1) is 0 Å². The number of aliphatic hydroxyl groups is 2. The summed E-state index contributed by atoms with van der Waals surface area (Å²) in [6, 6.07) is 5.82. The minimum atomic E-state index is -1.40. The standard InChI is InChI=1S/C18H20FN3O7/c19-10-3-1-2-4-12(10)29-9-15(24)20-11-8-28-13(17(26)16(11)25)7-22-6-5-14(23)21-18(22)27/h1-6,11,13,16-17,25-26H,7-9H2,(H,20,24)(H,21,23,27)/t11-,13-,16+,17-/m1/s1. The molecule has 0 radical (unpaired) electrons. The van der Waals surface area contributed by atoms with E-state index in [2.05, 4.69) is 10.3 Å². The molecule has 4 N–H and O–H groups in total. The molecule has 0 aliphatic carbocycles. The number of carbonyl (C=O) groups excluding carboxylic acids is 1. The van der Waals surface area contributed by atoms with Gasteiger partial charge in [-0.3, -0.25) is 19.1 Å². The molecule has 0 spiro atoms. The van der Waals surface area contributed by atoms with Crippen LogP contribution >= 0.6 is 0 Å². The highest BCUT2D eigenvalue weighted by molar-refractivity contribution is 5.78. The molecule has 156 valence electrons. The van der Waals surface area contributed by atoms with E-state index >= 15 is 0 Å². The van der Waals surface area contributed by atoms with Gasteiger partial charge in [0.25, 0.3) is 11.5 Å². The molecule has 29 heavy (non-hydrogen) atoms. The molecule has 0 bridgehead atoms. The number of para-hydroxylation sites is 1. The molecular formula is C18H20FN3O7. The SMILES string of the molecule is O=C(COc1ccccc1F)N[C@@H]1CO[C@H](Cn2ccc(=O)[nH]c2=O)[C@@H](O)[C@H]1O. The summed E-state index contributed by atoms with van der Waals surface area (Å²) in [7, 11) is 0. The van der Waals surface area contributed by atoms with Crippen molar-refractivity contribution in [2.45, 2.75) is 30.9 Å². The zero-order valence-electron chi connectivity index (χ0n) is 15.2. The number of H-pyrrole nitrogens is 1. The zero-order valence-corrected chi connectivity index (χ0v) is 15.2. The van der Waals surface area contributed by atoms with Gasteiger partial charge in [-0.05, 0) is 12.1 Å². The second-order valence-corrected chi connectivity index (χ2v) is 6.51. The van der Waals surface area contributed by atoms with Gasteiger partial charge in [-0.2, -0.15) is 0 Å². The second-order valence-electron chi connectivity index (χ2n) is 6.51. The van der Waals surface area contributed by atoms with Gasteiger partial charge in [-0.1, -0.05) is 12.1 Å². The lowest BCUT2D eigenvalue weighted by atomic mass is 9.98. The van der Waals surface area contributed by atoms with Crippen LogP contribution in [0.1, 0.15) is 0 Å². The van der Waals surface area contributed by atoms with Gasteiger partial charge in [0.05, 0.1) is 19.2 Å². The van der Waals surface area contributed by atoms with Crippen LogP contribution in [-0.4, -0.2) is 63.2 Å². The number of aromatic amines is 1. The van der Waals surface area contributed by atoms with Crippen LogP contribution < -0.4 is 21.3 Å².